The number of benzene rings is 1. The molecule has 2 rings (SSSR count). The minimum Gasteiger partial charge on any atom is -0.480 e. The molecule has 0 fully saturated rings. The summed E-state index contributed by atoms with van der Waals surface area (Å²) < 4.78 is 0. The van der Waals surface area contributed by atoms with Gasteiger partial charge in [0.05, 0.1) is 12.5 Å². The van der Waals surface area contributed by atoms with Crippen LogP contribution < -0.4 is 33.2 Å². The van der Waals surface area contributed by atoms with Gasteiger partial charge in [-0.1, -0.05) is 32.0 Å². The Morgan fingerprint density at radius 1 is 0.875 bits per heavy atom. The highest BCUT2D eigenvalue weighted by Gasteiger charge is 2.31. The van der Waals surface area contributed by atoms with Crippen molar-refractivity contribution in [2.75, 3.05) is 0 Å². The number of hydrogen-bond donors (Lipinski definition) is 8. The first-order valence-corrected chi connectivity index (χ1v) is 12.8. The lowest BCUT2D eigenvalue weighted by molar-refractivity contribution is -0.144. The molecule has 4 unspecified atom stereocenters. The number of hydrogen-bond acceptors (Lipinski definition) is 7. The number of carbonyl (C=O) groups excluding carboxylic acids is 5. The van der Waals surface area contributed by atoms with Gasteiger partial charge in [0.15, 0.2) is 0 Å². The van der Waals surface area contributed by atoms with Gasteiger partial charge < -0.3 is 43.2 Å². The van der Waals surface area contributed by atoms with Crippen LogP contribution in [0.25, 0.3) is 10.9 Å². The van der Waals surface area contributed by atoms with E-state index in [9.17, 15) is 33.9 Å². The molecule has 1 heterocycles. The highest BCUT2D eigenvalue weighted by atomic mass is 16.4. The summed E-state index contributed by atoms with van der Waals surface area (Å²) in [6.07, 6.45) is 0.822. The molecular weight excluding hydrogens is 522 g/mol. The molecule has 40 heavy (non-hydrogen) atoms. The third kappa shape index (κ3) is 9.69. The second-order valence-corrected chi connectivity index (χ2v) is 10.00. The first-order chi connectivity index (χ1) is 18.8. The minimum absolute atomic E-state index is 0.0274. The number of fused-ring (bicyclic) bond motifs is 1. The van der Waals surface area contributed by atoms with Gasteiger partial charge in [0.25, 0.3) is 0 Å². The normalized spacial score (nSPS) is 14.1. The fraction of sp³-hybridized carbons (Fsp3) is 0.462. The Hall–Kier alpha value is -4.46. The minimum atomic E-state index is -1.66. The van der Waals surface area contributed by atoms with Crippen LogP contribution >= 0.6 is 0 Å². The number of carbonyl (C=O) groups is 6. The number of rotatable bonds is 16. The Kier molecular flexibility index (Phi) is 11.6. The molecule has 5 amide bonds. The van der Waals surface area contributed by atoms with Gasteiger partial charge in [-0.2, -0.15) is 0 Å². The Bertz CT molecular complexity index is 1240. The Morgan fingerprint density at radius 3 is 2.08 bits per heavy atom. The maximum Gasteiger partial charge on any atom is 0.326 e. The number of nitrogens with one attached hydrogen (secondary N) is 4. The molecule has 0 aliphatic heterocycles. The molecule has 1 aromatic carbocycles. The quantitative estimate of drug-likeness (QED) is 0.123. The number of aromatic nitrogens is 1. The maximum atomic E-state index is 13.5. The average Bonchev–Trinajstić information content (AvgIpc) is 3.27. The molecule has 2 aromatic rings. The molecule has 0 saturated heterocycles. The molecule has 0 radical (unpaired) electrons. The van der Waals surface area contributed by atoms with Crippen molar-refractivity contribution in [2.45, 2.75) is 70.1 Å². The van der Waals surface area contributed by atoms with Crippen LogP contribution in [-0.2, 0) is 35.2 Å². The van der Waals surface area contributed by atoms with Gasteiger partial charge in [-0.3, -0.25) is 24.0 Å². The summed E-state index contributed by atoms with van der Waals surface area (Å²) in [6, 6.07) is 2.20. The van der Waals surface area contributed by atoms with E-state index in [2.05, 4.69) is 20.9 Å². The molecule has 218 valence electrons. The van der Waals surface area contributed by atoms with Crippen LogP contribution in [0.1, 0.15) is 45.1 Å². The van der Waals surface area contributed by atoms with E-state index in [-0.39, 0.29) is 25.2 Å². The van der Waals surface area contributed by atoms with E-state index in [1.54, 1.807) is 6.20 Å². The second-order valence-electron chi connectivity index (χ2n) is 10.00. The number of carboxylic acids is 1. The number of H-pyrrole nitrogens is 1. The third-order valence-corrected chi connectivity index (χ3v) is 6.13. The highest BCUT2D eigenvalue weighted by Crippen LogP contribution is 2.19. The van der Waals surface area contributed by atoms with Crippen molar-refractivity contribution in [3.8, 4) is 0 Å². The fourth-order valence-corrected chi connectivity index (χ4v) is 4.12. The number of aromatic amines is 1. The first-order valence-electron chi connectivity index (χ1n) is 12.8. The van der Waals surface area contributed by atoms with Gasteiger partial charge in [-0.15, -0.1) is 0 Å². The average molecular weight is 560 g/mol. The molecule has 14 heteroatoms. The largest absolute Gasteiger partial charge is 0.480 e. The summed E-state index contributed by atoms with van der Waals surface area (Å²) in [5.41, 5.74) is 17.8. The predicted molar refractivity (Wildman–Crippen MR) is 145 cm³/mol. The van der Waals surface area contributed by atoms with Gasteiger partial charge in [0.1, 0.15) is 18.1 Å². The predicted octanol–water partition coefficient (Wildman–Crippen LogP) is -1.24. The van der Waals surface area contributed by atoms with Crippen molar-refractivity contribution in [1.82, 2.24) is 20.9 Å². The molecule has 0 aliphatic carbocycles. The van der Waals surface area contributed by atoms with E-state index >= 15 is 0 Å². The summed E-state index contributed by atoms with van der Waals surface area (Å²) in [7, 11) is 0. The number of primary amides is 2. The van der Waals surface area contributed by atoms with Crippen LogP contribution in [0.4, 0.5) is 0 Å². The van der Waals surface area contributed by atoms with Crippen LogP contribution in [0.15, 0.2) is 30.5 Å². The number of nitrogens with two attached hydrogens (primary N) is 3. The number of para-hydroxylation sites is 1. The third-order valence-electron chi connectivity index (χ3n) is 6.13. The van der Waals surface area contributed by atoms with E-state index in [0.29, 0.717) is 12.0 Å². The van der Waals surface area contributed by atoms with Gasteiger partial charge in [0, 0.05) is 29.9 Å². The topological polar surface area (TPSA) is 253 Å². The summed E-state index contributed by atoms with van der Waals surface area (Å²) in [4.78, 5) is 76.5. The first kappa shape index (κ1) is 31.8. The lowest BCUT2D eigenvalue weighted by atomic mass is 10.0. The van der Waals surface area contributed by atoms with Crippen LogP contribution in [-0.4, -0.2) is 69.8 Å². The Morgan fingerprint density at radius 2 is 1.48 bits per heavy atom. The van der Waals surface area contributed by atoms with Gasteiger partial charge in [-0.25, -0.2) is 4.79 Å². The lowest BCUT2D eigenvalue weighted by Crippen LogP contribution is -2.58. The molecule has 4 atom stereocenters. The zero-order valence-corrected chi connectivity index (χ0v) is 22.4. The van der Waals surface area contributed by atoms with E-state index in [0.717, 1.165) is 10.9 Å². The molecular formula is C26H37N7O7. The summed E-state index contributed by atoms with van der Waals surface area (Å²) in [6.45, 7) is 3.79. The van der Waals surface area contributed by atoms with E-state index < -0.39 is 66.1 Å². The molecule has 0 aliphatic rings. The SMILES string of the molecule is CC(C)CC(N)C(=O)NC(Cc1c[nH]c2ccccc12)C(=O)NC(CCC(N)=O)C(=O)NC(CC(N)=O)C(=O)O. The molecule has 0 bridgehead atoms. The van der Waals surface area contributed by atoms with Crippen LogP contribution in [0, 0.1) is 5.92 Å². The van der Waals surface area contributed by atoms with Crippen molar-refractivity contribution in [2.24, 2.45) is 23.1 Å². The standard InChI is InChI=1S/C26H37N7O7/c1-13(2)9-16(27)23(36)32-19(10-14-12-30-17-6-4-3-5-15(14)17)25(38)31-18(7-8-21(28)34)24(37)33-20(26(39)40)11-22(29)35/h3-6,12-13,16,18-20,30H,7-11,27H2,1-2H3,(H2,28,34)(H2,29,35)(H,31,38)(H,32,36)(H,33,37)(H,39,40). The van der Waals surface area contributed by atoms with Gasteiger partial charge >= 0.3 is 5.97 Å². The van der Waals surface area contributed by atoms with Crippen molar-refractivity contribution < 1.29 is 33.9 Å². The molecule has 11 N–H and O–H groups in total. The zero-order chi connectivity index (χ0) is 30.0. The van der Waals surface area contributed by atoms with Gasteiger partial charge in [0.2, 0.25) is 29.5 Å². The summed E-state index contributed by atoms with van der Waals surface area (Å²) in [5, 5.41) is 17.4. The fourth-order valence-electron chi connectivity index (χ4n) is 4.12. The lowest BCUT2D eigenvalue weighted by Gasteiger charge is -2.25. The van der Waals surface area contributed by atoms with Crippen LogP contribution in [0.3, 0.4) is 0 Å². The summed E-state index contributed by atoms with van der Waals surface area (Å²) in [5.74, 6) is -5.45. The zero-order valence-electron chi connectivity index (χ0n) is 22.4. The van der Waals surface area contributed by atoms with Crippen molar-refractivity contribution in [1.29, 1.82) is 0 Å². The van der Waals surface area contributed by atoms with Gasteiger partial charge in [-0.05, 0) is 30.4 Å². The second kappa shape index (κ2) is 14.6. The monoisotopic (exact) mass is 559 g/mol. The molecule has 0 saturated carbocycles. The van der Waals surface area contributed by atoms with Crippen molar-refractivity contribution >= 4 is 46.4 Å². The number of carboxylic acid groups (broad SMARTS) is 1. The molecule has 0 spiro atoms. The number of amides is 5. The van der Waals surface area contributed by atoms with Crippen LogP contribution in [0.5, 0.6) is 0 Å². The highest BCUT2D eigenvalue weighted by molar-refractivity contribution is 5.95. The molecule has 14 nitrogen and oxygen atoms in total. The Balaban J connectivity index is 2.32. The van der Waals surface area contributed by atoms with E-state index in [1.807, 2.05) is 38.1 Å². The Labute approximate surface area is 230 Å². The number of aliphatic carboxylic acids is 1. The molecule has 1 aromatic heterocycles. The van der Waals surface area contributed by atoms with Crippen molar-refractivity contribution in [3.05, 3.63) is 36.0 Å². The van der Waals surface area contributed by atoms with Crippen molar-refractivity contribution in [3.63, 3.8) is 0 Å². The van der Waals surface area contributed by atoms with E-state index in [4.69, 9.17) is 17.2 Å². The smallest absolute Gasteiger partial charge is 0.326 e. The summed E-state index contributed by atoms with van der Waals surface area (Å²) >= 11 is 0. The van der Waals surface area contributed by atoms with Crippen LogP contribution in [0.2, 0.25) is 0 Å². The maximum absolute atomic E-state index is 13.5. The van der Waals surface area contributed by atoms with E-state index in [1.165, 1.54) is 0 Å².